The minimum Gasteiger partial charge on any atom is -0.371 e. The third kappa shape index (κ3) is 2.55. The fourth-order valence-corrected chi connectivity index (χ4v) is 5.04. The minimum atomic E-state index is 0.348. The number of nitrogens with one attached hydrogen (secondary N) is 1. The molecule has 0 spiro atoms. The van der Waals surface area contributed by atoms with E-state index >= 15 is 0 Å². The summed E-state index contributed by atoms with van der Waals surface area (Å²) < 4.78 is 6.30. The summed E-state index contributed by atoms with van der Waals surface area (Å²) in [5.41, 5.74) is 1.87. The predicted molar refractivity (Wildman–Crippen MR) is 87.3 cm³/mol. The number of nitrogens with zero attached hydrogens (tertiary/aromatic N) is 1. The van der Waals surface area contributed by atoms with Crippen LogP contribution < -0.4 is 5.32 Å². The molecule has 3 unspecified atom stereocenters. The van der Waals surface area contributed by atoms with E-state index in [-0.39, 0.29) is 0 Å². The molecule has 118 valence electrons. The third-order valence-electron chi connectivity index (χ3n) is 6.27. The van der Waals surface area contributed by atoms with Crippen LogP contribution in [0.5, 0.6) is 0 Å². The molecule has 0 aromatic carbocycles. The van der Waals surface area contributed by atoms with Crippen LogP contribution in [0, 0.1) is 16.7 Å². The number of ether oxygens (including phenoxy) is 1. The summed E-state index contributed by atoms with van der Waals surface area (Å²) in [6.45, 7) is 12.0. The Morgan fingerprint density at radius 3 is 2.86 bits per heavy atom. The Morgan fingerprint density at radius 2 is 2.24 bits per heavy atom. The largest absolute Gasteiger partial charge is 0.371 e. The molecule has 0 amide bonds. The number of rotatable bonds is 6. The Hall–Kier alpha value is -0.450. The van der Waals surface area contributed by atoms with Gasteiger partial charge in [-0.25, -0.2) is 4.98 Å². The van der Waals surface area contributed by atoms with Gasteiger partial charge in [0.15, 0.2) is 0 Å². The van der Waals surface area contributed by atoms with Gasteiger partial charge in [0.05, 0.1) is 18.4 Å². The molecule has 4 heteroatoms. The Morgan fingerprint density at radius 1 is 1.43 bits per heavy atom. The lowest BCUT2D eigenvalue weighted by molar-refractivity contribution is -0.0559. The molecule has 2 fully saturated rings. The van der Waals surface area contributed by atoms with Crippen molar-refractivity contribution in [3.05, 3.63) is 16.1 Å². The maximum Gasteiger partial charge on any atom is 0.107 e. The quantitative estimate of drug-likeness (QED) is 0.863. The molecule has 1 N–H and O–H groups in total. The van der Waals surface area contributed by atoms with E-state index in [0.29, 0.717) is 23.5 Å². The normalized spacial score (nSPS) is 33.7. The van der Waals surface area contributed by atoms with E-state index in [4.69, 9.17) is 4.74 Å². The topological polar surface area (TPSA) is 34.2 Å². The van der Waals surface area contributed by atoms with Crippen LogP contribution >= 0.6 is 11.3 Å². The van der Waals surface area contributed by atoms with Crippen molar-refractivity contribution in [2.75, 3.05) is 6.54 Å². The van der Waals surface area contributed by atoms with E-state index in [9.17, 15) is 0 Å². The molecule has 21 heavy (non-hydrogen) atoms. The van der Waals surface area contributed by atoms with Crippen LogP contribution in [-0.2, 0) is 17.9 Å². The van der Waals surface area contributed by atoms with Crippen LogP contribution in [0.15, 0.2) is 5.38 Å². The van der Waals surface area contributed by atoms with Crippen molar-refractivity contribution in [3.8, 4) is 0 Å². The molecule has 2 bridgehead atoms. The lowest BCUT2D eigenvalue weighted by Gasteiger charge is -2.38. The lowest BCUT2D eigenvalue weighted by Crippen LogP contribution is -2.37. The van der Waals surface area contributed by atoms with Crippen LogP contribution in [0.1, 0.15) is 57.7 Å². The monoisotopic (exact) mass is 308 g/mol. The first-order valence-electron chi connectivity index (χ1n) is 8.23. The third-order valence-corrected chi connectivity index (χ3v) is 7.17. The Labute approximate surface area is 132 Å². The molecule has 0 aliphatic heterocycles. The minimum absolute atomic E-state index is 0.348. The van der Waals surface area contributed by atoms with E-state index in [1.165, 1.54) is 19.3 Å². The zero-order valence-corrected chi connectivity index (χ0v) is 14.6. The molecule has 0 saturated heterocycles. The average molecular weight is 308 g/mol. The number of aromatic nitrogens is 1. The summed E-state index contributed by atoms with van der Waals surface area (Å²) in [4.78, 5) is 4.66. The first-order chi connectivity index (χ1) is 9.97. The highest BCUT2D eigenvalue weighted by molar-refractivity contribution is 7.09. The summed E-state index contributed by atoms with van der Waals surface area (Å²) in [6, 6.07) is 0. The van der Waals surface area contributed by atoms with Gasteiger partial charge in [0.2, 0.25) is 0 Å². The van der Waals surface area contributed by atoms with Gasteiger partial charge in [0.25, 0.3) is 0 Å². The SMILES string of the molecule is CCNCc1nc(COC2CC3CCC2(C)C3(C)C)cs1. The molecule has 3 rings (SSSR count). The van der Waals surface area contributed by atoms with Crippen molar-refractivity contribution >= 4 is 11.3 Å². The fraction of sp³-hybridized carbons (Fsp3) is 0.824. The summed E-state index contributed by atoms with van der Waals surface area (Å²) in [6.07, 6.45) is 4.34. The van der Waals surface area contributed by atoms with E-state index in [0.717, 1.165) is 29.7 Å². The van der Waals surface area contributed by atoms with Crippen LogP contribution in [-0.4, -0.2) is 17.6 Å². The van der Waals surface area contributed by atoms with Gasteiger partial charge in [-0.05, 0) is 42.6 Å². The zero-order valence-electron chi connectivity index (χ0n) is 13.7. The number of thiazole rings is 1. The first-order valence-corrected chi connectivity index (χ1v) is 9.11. The predicted octanol–water partition coefficient (Wildman–Crippen LogP) is 3.98. The van der Waals surface area contributed by atoms with Gasteiger partial charge in [-0.15, -0.1) is 11.3 Å². The lowest BCUT2D eigenvalue weighted by atomic mass is 9.70. The number of fused-ring (bicyclic) bond motifs is 2. The smallest absolute Gasteiger partial charge is 0.107 e. The van der Waals surface area contributed by atoms with Crippen LogP contribution in [0.2, 0.25) is 0 Å². The van der Waals surface area contributed by atoms with E-state index in [1.54, 1.807) is 11.3 Å². The Bertz CT molecular complexity index is 499. The van der Waals surface area contributed by atoms with Crippen LogP contribution in [0.25, 0.3) is 0 Å². The van der Waals surface area contributed by atoms with Crippen molar-refractivity contribution in [1.29, 1.82) is 0 Å². The highest BCUT2D eigenvalue weighted by Gasteiger charge is 2.61. The molecule has 1 aromatic rings. The number of hydrogen-bond acceptors (Lipinski definition) is 4. The van der Waals surface area contributed by atoms with Gasteiger partial charge in [0.1, 0.15) is 5.01 Å². The van der Waals surface area contributed by atoms with Gasteiger partial charge in [-0.2, -0.15) is 0 Å². The van der Waals surface area contributed by atoms with Gasteiger partial charge < -0.3 is 10.1 Å². The highest BCUT2D eigenvalue weighted by Crippen LogP contribution is 2.66. The second kappa shape index (κ2) is 5.64. The van der Waals surface area contributed by atoms with Crippen molar-refractivity contribution in [2.24, 2.45) is 16.7 Å². The summed E-state index contributed by atoms with van der Waals surface area (Å²) in [7, 11) is 0. The molecule has 3 nitrogen and oxygen atoms in total. The standard InChI is InChI=1S/C17H28N2OS/c1-5-18-9-15-19-13(11-21-15)10-20-14-8-12-6-7-17(14,4)16(12,2)3/h11-12,14,18H,5-10H2,1-4H3. The summed E-state index contributed by atoms with van der Waals surface area (Å²) >= 11 is 1.73. The van der Waals surface area contributed by atoms with Crippen LogP contribution in [0.3, 0.4) is 0 Å². The van der Waals surface area contributed by atoms with Crippen molar-refractivity contribution < 1.29 is 4.74 Å². The van der Waals surface area contributed by atoms with Gasteiger partial charge in [0, 0.05) is 11.9 Å². The van der Waals surface area contributed by atoms with Gasteiger partial charge in [-0.3, -0.25) is 0 Å². The van der Waals surface area contributed by atoms with Crippen molar-refractivity contribution in [2.45, 2.75) is 66.2 Å². The Balaban J connectivity index is 1.58. The molecule has 1 heterocycles. The summed E-state index contributed by atoms with van der Waals surface area (Å²) in [5, 5.41) is 6.63. The molecular formula is C17H28N2OS. The van der Waals surface area contributed by atoms with Crippen LogP contribution in [0.4, 0.5) is 0 Å². The second-order valence-corrected chi connectivity index (χ2v) is 8.37. The molecule has 2 aliphatic rings. The van der Waals surface area contributed by atoms with E-state index in [1.807, 2.05) is 0 Å². The molecule has 1 aromatic heterocycles. The molecule has 3 atom stereocenters. The zero-order chi connectivity index (χ0) is 15.1. The first kappa shape index (κ1) is 15.4. The van der Waals surface area contributed by atoms with Gasteiger partial charge in [-0.1, -0.05) is 27.7 Å². The molecule has 0 radical (unpaired) electrons. The van der Waals surface area contributed by atoms with Gasteiger partial charge >= 0.3 is 0 Å². The highest BCUT2D eigenvalue weighted by atomic mass is 32.1. The van der Waals surface area contributed by atoms with E-state index < -0.39 is 0 Å². The molecule has 2 aliphatic carbocycles. The van der Waals surface area contributed by atoms with Crippen molar-refractivity contribution in [1.82, 2.24) is 10.3 Å². The second-order valence-electron chi connectivity index (χ2n) is 7.42. The number of hydrogen-bond donors (Lipinski definition) is 1. The fourth-order valence-electron chi connectivity index (χ4n) is 4.30. The molecular weight excluding hydrogens is 280 g/mol. The average Bonchev–Trinajstić information content (AvgIpc) is 3.04. The maximum atomic E-state index is 6.30. The molecule has 2 saturated carbocycles. The van der Waals surface area contributed by atoms with Crippen molar-refractivity contribution in [3.63, 3.8) is 0 Å². The Kier molecular flexibility index (Phi) is 4.15. The summed E-state index contributed by atoms with van der Waals surface area (Å²) in [5.74, 6) is 0.840. The maximum absolute atomic E-state index is 6.30. The van der Waals surface area contributed by atoms with E-state index in [2.05, 4.69) is 43.4 Å².